The molecule has 128 valence electrons. The number of ether oxygens (including phenoxy) is 1. The smallest absolute Gasteiger partial charge is 0.251 e. The van der Waals surface area contributed by atoms with E-state index >= 15 is 0 Å². The standard InChI is InChI=1S/C18H19F2NO3/c1-12(13-5-3-2-4-6-13)24-11-17(22)10-21-18(23)14-7-15(19)9-16(20)8-14/h2-9,12,17,22H,10-11H2,1H3,(H,21,23)/t12-,17+/m0/s1. The van der Waals surface area contributed by atoms with Crippen LogP contribution in [0.3, 0.4) is 0 Å². The molecular weight excluding hydrogens is 316 g/mol. The van der Waals surface area contributed by atoms with E-state index in [9.17, 15) is 18.7 Å². The molecule has 0 saturated carbocycles. The molecule has 2 aromatic carbocycles. The number of halogens is 2. The lowest BCUT2D eigenvalue weighted by atomic mass is 10.1. The van der Waals surface area contributed by atoms with Crippen molar-refractivity contribution in [1.29, 1.82) is 0 Å². The summed E-state index contributed by atoms with van der Waals surface area (Å²) in [6, 6.07) is 12.1. The van der Waals surface area contributed by atoms with Crippen LogP contribution in [-0.2, 0) is 4.74 Å². The molecule has 2 atom stereocenters. The highest BCUT2D eigenvalue weighted by atomic mass is 19.1. The molecule has 24 heavy (non-hydrogen) atoms. The predicted molar refractivity (Wildman–Crippen MR) is 85.5 cm³/mol. The van der Waals surface area contributed by atoms with Crippen LogP contribution < -0.4 is 5.32 Å². The molecule has 2 N–H and O–H groups in total. The Labute approximate surface area is 139 Å². The van der Waals surface area contributed by atoms with Crippen molar-refractivity contribution in [2.45, 2.75) is 19.1 Å². The first-order valence-corrected chi connectivity index (χ1v) is 7.54. The first-order valence-electron chi connectivity index (χ1n) is 7.54. The van der Waals surface area contributed by atoms with Crippen LogP contribution in [0.15, 0.2) is 48.5 Å². The lowest BCUT2D eigenvalue weighted by molar-refractivity contribution is -0.00171. The van der Waals surface area contributed by atoms with E-state index in [0.29, 0.717) is 6.07 Å². The van der Waals surface area contributed by atoms with Crippen molar-refractivity contribution in [1.82, 2.24) is 5.32 Å². The molecule has 2 aromatic rings. The molecule has 4 nitrogen and oxygen atoms in total. The largest absolute Gasteiger partial charge is 0.389 e. The Hall–Kier alpha value is -2.31. The van der Waals surface area contributed by atoms with Gasteiger partial charge in [-0.2, -0.15) is 0 Å². The van der Waals surface area contributed by atoms with Gasteiger partial charge in [0.15, 0.2) is 0 Å². The van der Waals surface area contributed by atoms with Crippen LogP contribution >= 0.6 is 0 Å². The number of carbonyl (C=O) groups is 1. The lowest BCUT2D eigenvalue weighted by Crippen LogP contribution is -2.34. The normalized spacial score (nSPS) is 13.3. The van der Waals surface area contributed by atoms with E-state index < -0.39 is 23.6 Å². The van der Waals surface area contributed by atoms with Gasteiger partial charge in [0.05, 0.1) is 18.8 Å². The predicted octanol–water partition coefficient (Wildman–Crippen LogP) is 2.83. The highest BCUT2D eigenvalue weighted by Gasteiger charge is 2.13. The summed E-state index contributed by atoms with van der Waals surface area (Å²) in [4.78, 5) is 11.8. The van der Waals surface area contributed by atoms with Gasteiger partial charge in [-0.1, -0.05) is 30.3 Å². The molecule has 0 fully saturated rings. The summed E-state index contributed by atoms with van der Waals surface area (Å²) in [5, 5.41) is 12.3. The molecule has 0 aliphatic rings. The number of hydrogen-bond acceptors (Lipinski definition) is 3. The summed E-state index contributed by atoms with van der Waals surface area (Å²) in [6.07, 6.45) is -1.13. The molecule has 6 heteroatoms. The van der Waals surface area contributed by atoms with Gasteiger partial charge in [-0.3, -0.25) is 4.79 Å². The summed E-state index contributed by atoms with van der Waals surface area (Å²) in [6.45, 7) is 1.79. The summed E-state index contributed by atoms with van der Waals surface area (Å²) in [5.74, 6) is -2.33. The Morgan fingerprint density at radius 3 is 2.42 bits per heavy atom. The van der Waals surface area contributed by atoms with Crippen molar-refractivity contribution in [3.63, 3.8) is 0 Å². The molecule has 0 spiro atoms. The molecular formula is C18H19F2NO3. The van der Waals surface area contributed by atoms with E-state index in [1.165, 1.54) is 0 Å². The maximum atomic E-state index is 13.1. The summed E-state index contributed by atoms with van der Waals surface area (Å²) in [7, 11) is 0. The second-order valence-electron chi connectivity index (χ2n) is 5.41. The van der Waals surface area contributed by atoms with E-state index in [0.717, 1.165) is 17.7 Å². The Morgan fingerprint density at radius 2 is 1.79 bits per heavy atom. The van der Waals surface area contributed by atoms with Gasteiger partial charge in [-0.05, 0) is 24.6 Å². The molecule has 0 saturated heterocycles. The van der Waals surface area contributed by atoms with E-state index in [1.54, 1.807) is 0 Å². The number of nitrogens with one attached hydrogen (secondary N) is 1. The zero-order chi connectivity index (χ0) is 17.5. The van der Waals surface area contributed by atoms with Gasteiger partial charge in [0, 0.05) is 18.2 Å². The van der Waals surface area contributed by atoms with Crippen molar-refractivity contribution in [3.05, 3.63) is 71.3 Å². The first-order chi connectivity index (χ1) is 11.5. The minimum absolute atomic E-state index is 0.0217. The highest BCUT2D eigenvalue weighted by molar-refractivity contribution is 5.94. The summed E-state index contributed by atoms with van der Waals surface area (Å²) >= 11 is 0. The Balaban J connectivity index is 1.78. The third-order valence-electron chi connectivity index (χ3n) is 3.43. The van der Waals surface area contributed by atoms with Crippen LogP contribution in [0, 0.1) is 11.6 Å². The quantitative estimate of drug-likeness (QED) is 0.818. The number of carbonyl (C=O) groups excluding carboxylic acids is 1. The minimum atomic E-state index is -0.932. The maximum absolute atomic E-state index is 13.1. The number of amides is 1. The third kappa shape index (κ3) is 5.40. The van der Waals surface area contributed by atoms with Gasteiger partial charge < -0.3 is 15.2 Å². The molecule has 0 aromatic heterocycles. The Morgan fingerprint density at radius 1 is 1.17 bits per heavy atom. The Bertz CT molecular complexity index is 659. The SMILES string of the molecule is C[C@H](OC[C@H](O)CNC(=O)c1cc(F)cc(F)c1)c1ccccc1. The van der Waals surface area contributed by atoms with Crippen molar-refractivity contribution < 1.29 is 23.4 Å². The average Bonchev–Trinajstić information content (AvgIpc) is 2.57. The molecule has 1 amide bonds. The van der Waals surface area contributed by atoms with Gasteiger partial charge in [-0.25, -0.2) is 8.78 Å². The van der Waals surface area contributed by atoms with Gasteiger partial charge in [0.1, 0.15) is 11.6 Å². The van der Waals surface area contributed by atoms with Crippen LogP contribution in [0.2, 0.25) is 0 Å². The zero-order valence-corrected chi connectivity index (χ0v) is 13.2. The van der Waals surface area contributed by atoms with Crippen molar-refractivity contribution in [2.75, 3.05) is 13.2 Å². The molecule has 0 aliphatic carbocycles. The van der Waals surface area contributed by atoms with E-state index in [1.807, 2.05) is 37.3 Å². The lowest BCUT2D eigenvalue weighted by Gasteiger charge is -2.17. The average molecular weight is 335 g/mol. The number of hydrogen-bond donors (Lipinski definition) is 2. The van der Waals surface area contributed by atoms with Gasteiger partial charge in [0.25, 0.3) is 5.91 Å². The number of benzene rings is 2. The van der Waals surface area contributed by atoms with Gasteiger partial charge >= 0.3 is 0 Å². The van der Waals surface area contributed by atoms with Crippen LogP contribution in [-0.4, -0.2) is 30.3 Å². The summed E-state index contributed by atoms with van der Waals surface area (Å²) in [5.41, 5.74) is 0.835. The fraction of sp³-hybridized carbons (Fsp3) is 0.278. The van der Waals surface area contributed by atoms with Crippen molar-refractivity contribution >= 4 is 5.91 Å². The number of rotatable bonds is 7. The van der Waals surface area contributed by atoms with Crippen LogP contribution in [0.5, 0.6) is 0 Å². The second-order valence-corrected chi connectivity index (χ2v) is 5.41. The van der Waals surface area contributed by atoms with Crippen LogP contribution in [0.25, 0.3) is 0 Å². The van der Waals surface area contributed by atoms with Crippen LogP contribution in [0.4, 0.5) is 8.78 Å². The number of aliphatic hydroxyl groups is 1. The molecule has 0 heterocycles. The second kappa shape index (κ2) is 8.52. The van der Waals surface area contributed by atoms with Crippen LogP contribution in [0.1, 0.15) is 28.9 Å². The number of aliphatic hydroxyl groups excluding tert-OH is 1. The zero-order valence-electron chi connectivity index (χ0n) is 13.2. The van der Waals surface area contributed by atoms with E-state index in [4.69, 9.17) is 4.74 Å². The van der Waals surface area contributed by atoms with Gasteiger partial charge in [0.2, 0.25) is 0 Å². The monoisotopic (exact) mass is 335 g/mol. The van der Waals surface area contributed by atoms with Crippen molar-refractivity contribution in [3.8, 4) is 0 Å². The van der Waals surface area contributed by atoms with Gasteiger partial charge in [-0.15, -0.1) is 0 Å². The molecule has 2 rings (SSSR count). The Kier molecular flexibility index (Phi) is 6.40. The molecule has 0 bridgehead atoms. The molecule has 0 radical (unpaired) electrons. The van der Waals surface area contributed by atoms with E-state index in [-0.39, 0.29) is 24.8 Å². The third-order valence-corrected chi connectivity index (χ3v) is 3.43. The molecule has 0 unspecified atom stereocenters. The van der Waals surface area contributed by atoms with E-state index in [2.05, 4.69) is 5.32 Å². The first kappa shape index (κ1) is 18.0. The fourth-order valence-electron chi connectivity index (χ4n) is 2.13. The topological polar surface area (TPSA) is 58.6 Å². The summed E-state index contributed by atoms with van der Waals surface area (Å²) < 4.78 is 31.7. The fourth-order valence-corrected chi connectivity index (χ4v) is 2.13. The van der Waals surface area contributed by atoms with Crippen molar-refractivity contribution in [2.24, 2.45) is 0 Å². The maximum Gasteiger partial charge on any atom is 0.251 e. The minimum Gasteiger partial charge on any atom is -0.389 e. The molecule has 0 aliphatic heterocycles. The highest BCUT2D eigenvalue weighted by Crippen LogP contribution is 2.15.